The van der Waals surface area contributed by atoms with Crippen LogP contribution >= 0.6 is 0 Å². The molecule has 1 aromatic heterocycles. The first kappa shape index (κ1) is 14.1. The predicted octanol–water partition coefficient (Wildman–Crippen LogP) is 2.12. The van der Waals surface area contributed by atoms with Crippen molar-refractivity contribution in [3.05, 3.63) is 18.2 Å². The smallest absolute Gasteiger partial charge is 0.122 e. The van der Waals surface area contributed by atoms with Crippen molar-refractivity contribution in [1.82, 2.24) is 19.4 Å². The third-order valence-electron chi connectivity index (χ3n) is 4.85. The Morgan fingerprint density at radius 1 is 1.10 bits per heavy atom. The van der Waals surface area contributed by atoms with Crippen LogP contribution in [0.5, 0.6) is 0 Å². The fourth-order valence-electron chi connectivity index (χ4n) is 3.70. The number of imidazole rings is 1. The van der Waals surface area contributed by atoms with Gasteiger partial charge in [0.05, 0.1) is 6.54 Å². The van der Waals surface area contributed by atoms with E-state index in [1.165, 1.54) is 70.7 Å². The molecule has 0 bridgehead atoms. The van der Waals surface area contributed by atoms with Crippen LogP contribution in [0.2, 0.25) is 0 Å². The lowest BCUT2D eigenvalue weighted by molar-refractivity contribution is 0.116. The highest BCUT2D eigenvalue weighted by Crippen LogP contribution is 2.20. The summed E-state index contributed by atoms with van der Waals surface area (Å²) in [5.41, 5.74) is 0. The normalized spacial score (nSPS) is 25.9. The number of likely N-dealkylation sites (tertiary alicyclic amines) is 2. The van der Waals surface area contributed by atoms with Gasteiger partial charge in [0.2, 0.25) is 0 Å². The van der Waals surface area contributed by atoms with Crippen LogP contribution in [0.25, 0.3) is 0 Å². The topological polar surface area (TPSA) is 24.3 Å². The summed E-state index contributed by atoms with van der Waals surface area (Å²) in [5, 5.41) is 0. The van der Waals surface area contributed by atoms with E-state index >= 15 is 0 Å². The SMILES string of the molecule is Cn1ccnc1CN1CCC[C@H](CN2CCCCC2)C1. The van der Waals surface area contributed by atoms with Crippen LogP contribution < -0.4 is 0 Å². The minimum absolute atomic E-state index is 0.863. The highest BCUT2D eigenvalue weighted by atomic mass is 15.2. The van der Waals surface area contributed by atoms with E-state index in [2.05, 4.69) is 26.4 Å². The quantitative estimate of drug-likeness (QED) is 0.842. The zero-order chi connectivity index (χ0) is 13.8. The molecule has 0 aromatic carbocycles. The molecular weight excluding hydrogens is 248 g/mol. The lowest BCUT2D eigenvalue weighted by Gasteiger charge is -2.36. The number of piperidine rings is 2. The Kier molecular flexibility index (Phi) is 4.73. The molecule has 0 unspecified atom stereocenters. The predicted molar refractivity (Wildman–Crippen MR) is 81.5 cm³/mol. The third-order valence-corrected chi connectivity index (χ3v) is 4.85. The van der Waals surface area contributed by atoms with Gasteiger partial charge in [0.15, 0.2) is 0 Å². The fraction of sp³-hybridized carbons (Fsp3) is 0.812. The average molecular weight is 276 g/mol. The lowest BCUT2D eigenvalue weighted by Crippen LogP contribution is -2.42. The van der Waals surface area contributed by atoms with E-state index in [9.17, 15) is 0 Å². The molecule has 0 radical (unpaired) electrons. The van der Waals surface area contributed by atoms with Crippen LogP contribution in [0, 0.1) is 5.92 Å². The molecule has 20 heavy (non-hydrogen) atoms. The van der Waals surface area contributed by atoms with Crippen LogP contribution in [0.3, 0.4) is 0 Å². The van der Waals surface area contributed by atoms with Crippen molar-refractivity contribution in [3.63, 3.8) is 0 Å². The maximum absolute atomic E-state index is 4.46. The molecule has 2 saturated heterocycles. The van der Waals surface area contributed by atoms with Crippen LogP contribution in [-0.2, 0) is 13.6 Å². The summed E-state index contributed by atoms with van der Waals surface area (Å²) in [4.78, 5) is 9.75. The van der Waals surface area contributed by atoms with Gasteiger partial charge in [0.1, 0.15) is 5.82 Å². The van der Waals surface area contributed by atoms with Gasteiger partial charge in [0, 0.05) is 32.5 Å². The van der Waals surface area contributed by atoms with Gasteiger partial charge in [-0.2, -0.15) is 0 Å². The average Bonchev–Trinajstić information content (AvgIpc) is 2.86. The van der Waals surface area contributed by atoms with Gasteiger partial charge in [-0.3, -0.25) is 4.90 Å². The summed E-state index contributed by atoms with van der Waals surface area (Å²) in [6, 6.07) is 0. The van der Waals surface area contributed by atoms with Crippen molar-refractivity contribution < 1.29 is 0 Å². The highest BCUT2D eigenvalue weighted by Gasteiger charge is 2.23. The molecule has 4 nitrogen and oxygen atoms in total. The van der Waals surface area contributed by atoms with Gasteiger partial charge in [0.25, 0.3) is 0 Å². The standard InChI is InChI=1S/C16H28N4/c1-18-11-7-17-16(18)14-20-10-5-6-15(13-20)12-19-8-3-2-4-9-19/h7,11,15H,2-6,8-10,12-14H2,1H3/t15-/m1/s1. The van der Waals surface area contributed by atoms with Gasteiger partial charge in [-0.05, 0) is 51.2 Å². The zero-order valence-corrected chi connectivity index (χ0v) is 12.8. The van der Waals surface area contributed by atoms with Crippen molar-refractivity contribution in [1.29, 1.82) is 0 Å². The number of aryl methyl sites for hydroxylation is 1. The van der Waals surface area contributed by atoms with E-state index in [0.717, 1.165) is 12.5 Å². The number of nitrogens with zero attached hydrogens (tertiary/aromatic N) is 4. The molecule has 1 atom stereocenters. The number of hydrogen-bond donors (Lipinski definition) is 0. The van der Waals surface area contributed by atoms with E-state index in [1.54, 1.807) is 0 Å². The molecule has 0 N–H and O–H groups in total. The minimum Gasteiger partial charge on any atom is -0.337 e. The van der Waals surface area contributed by atoms with Crippen LogP contribution in [0.15, 0.2) is 12.4 Å². The lowest BCUT2D eigenvalue weighted by atomic mass is 9.96. The van der Waals surface area contributed by atoms with Crippen molar-refractivity contribution in [3.8, 4) is 0 Å². The van der Waals surface area contributed by atoms with Crippen molar-refractivity contribution in [2.45, 2.75) is 38.6 Å². The molecule has 0 aliphatic carbocycles. The molecule has 2 fully saturated rings. The summed E-state index contributed by atoms with van der Waals surface area (Å²) in [6.07, 6.45) is 11.0. The van der Waals surface area contributed by atoms with E-state index < -0.39 is 0 Å². The largest absolute Gasteiger partial charge is 0.337 e. The van der Waals surface area contributed by atoms with Crippen LogP contribution in [-0.4, -0.2) is 52.1 Å². The maximum Gasteiger partial charge on any atom is 0.122 e. The van der Waals surface area contributed by atoms with Gasteiger partial charge >= 0.3 is 0 Å². The third kappa shape index (κ3) is 3.61. The van der Waals surface area contributed by atoms with Crippen LogP contribution in [0.4, 0.5) is 0 Å². The van der Waals surface area contributed by atoms with Gasteiger partial charge < -0.3 is 9.47 Å². The zero-order valence-electron chi connectivity index (χ0n) is 12.8. The van der Waals surface area contributed by atoms with Gasteiger partial charge in [-0.1, -0.05) is 6.42 Å². The van der Waals surface area contributed by atoms with Crippen molar-refractivity contribution >= 4 is 0 Å². The number of hydrogen-bond acceptors (Lipinski definition) is 3. The molecule has 0 amide bonds. The molecule has 3 rings (SSSR count). The Labute approximate surface area is 122 Å². The molecule has 2 aliphatic rings. The first-order valence-corrected chi connectivity index (χ1v) is 8.22. The van der Waals surface area contributed by atoms with E-state index in [0.29, 0.717) is 0 Å². The number of rotatable bonds is 4. The summed E-state index contributed by atoms with van der Waals surface area (Å²) in [5.74, 6) is 2.06. The maximum atomic E-state index is 4.46. The van der Waals surface area contributed by atoms with Gasteiger partial charge in [-0.25, -0.2) is 4.98 Å². The summed E-state index contributed by atoms with van der Waals surface area (Å²) in [6.45, 7) is 7.48. The molecule has 0 spiro atoms. The molecule has 4 heteroatoms. The highest BCUT2D eigenvalue weighted by molar-refractivity contribution is 4.92. The fourth-order valence-corrected chi connectivity index (χ4v) is 3.70. The monoisotopic (exact) mass is 276 g/mol. The second-order valence-electron chi connectivity index (χ2n) is 6.56. The van der Waals surface area contributed by atoms with E-state index in [-0.39, 0.29) is 0 Å². The number of aromatic nitrogens is 2. The molecule has 112 valence electrons. The summed E-state index contributed by atoms with van der Waals surface area (Å²) in [7, 11) is 2.09. The summed E-state index contributed by atoms with van der Waals surface area (Å²) >= 11 is 0. The Bertz CT molecular complexity index is 408. The van der Waals surface area contributed by atoms with Crippen molar-refractivity contribution in [2.75, 3.05) is 32.7 Å². The van der Waals surface area contributed by atoms with Gasteiger partial charge in [-0.15, -0.1) is 0 Å². The van der Waals surface area contributed by atoms with Crippen molar-refractivity contribution in [2.24, 2.45) is 13.0 Å². The molecule has 1 aromatic rings. The molecule has 3 heterocycles. The Morgan fingerprint density at radius 2 is 1.90 bits per heavy atom. The molecular formula is C16H28N4. The minimum atomic E-state index is 0.863. The first-order valence-electron chi connectivity index (χ1n) is 8.22. The van der Waals surface area contributed by atoms with Crippen LogP contribution in [0.1, 0.15) is 37.9 Å². The second-order valence-corrected chi connectivity index (χ2v) is 6.56. The Morgan fingerprint density at radius 3 is 2.65 bits per heavy atom. The Hall–Kier alpha value is -0.870. The molecule has 2 aliphatic heterocycles. The summed E-state index contributed by atoms with van der Waals surface area (Å²) < 4.78 is 2.15. The first-order chi connectivity index (χ1) is 9.81. The Balaban J connectivity index is 1.49. The van der Waals surface area contributed by atoms with E-state index in [4.69, 9.17) is 0 Å². The molecule has 0 saturated carbocycles. The van der Waals surface area contributed by atoms with E-state index in [1.807, 2.05) is 12.4 Å². The second kappa shape index (κ2) is 6.72.